The van der Waals surface area contributed by atoms with Gasteiger partial charge in [0, 0.05) is 12.1 Å². The van der Waals surface area contributed by atoms with Gasteiger partial charge in [-0.25, -0.2) is 15.3 Å². The van der Waals surface area contributed by atoms with Crippen LogP contribution >= 0.6 is 7.59 Å². The highest BCUT2D eigenvalue weighted by Crippen LogP contribution is 2.31. The minimum absolute atomic E-state index is 0.254. The number of rotatable bonds is 7. The van der Waals surface area contributed by atoms with Crippen molar-refractivity contribution in [2.75, 3.05) is 7.05 Å². The van der Waals surface area contributed by atoms with Crippen LogP contribution in [0.4, 0.5) is 0 Å². The van der Waals surface area contributed by atoms with E-state index in [1.807, 2.05) is 13.8 Å². The Balaban J connectivity index is 4.25. The lowest BCUT2D eigenvalue weighted by molar-refractivity contribution is 0.509. The van der Waals surface area contributed by atoms with Crippen LogP contribution in [0.1, 0.15) is 40.5 Å². The number of nitrogens with one attached hydrogen (secondary N) is 3. The summed E-state index contributed by atoms with van der Waals surface area (Å²) in [4.78, 5) is 0. The summed E-state index contributed by atoms with van der Waals surface area (Å²) in [6, 6.07) is 0.509. The molecule has 0 heterocycles. The van der Waals surface area contributed by atoms with E-state index in [4.69, 9.17) is 0 Å². The molecule has 14 heavy (non-hydrogen) atoms. The monoisotopic (exact) mass is 221 g/mol. The molecule has 0 aliphatic heterocycles. The van der Waals surface area contributed by atoms with Gasteiger partial charge in [-0.2, -0.15) is 0 Å². The van der Waals surface area contributed by atoms with E-state index in [1.54, 1.807) is 7.05 Å². The molecule has 2 unspecified atom stereocenters. The van der Waals surface area contributed by atoms with Gasteiger partial charge in [-0.3, -0.25) is 4.57 Å². The zero-order valence-corrected chi connectivity index (χ0v) is 10.8. The molecule has 86 valence electrons. The number of hydrogen-bond donors (Lipinski definition) is 3. The fraction of sp³-hybridized carbons (Fsp3) is 1.00. The van der Waals surface area contributed by atoms with Crippen LogP contribution in [-0.4, -0.2) is 19.1 Å². The molecule has 0 aromatic rings. The molecule has 3 N–H and O–H groups in total. The van der Waals surface area contributed by atoms with E-state index in [-0.39, 0.29) is 12.1 Å². The van der Waals surface area contributed by atoms with E-state index < -0.39 is 7.59 Å². The van der Waals surface area contributed by atoms with Crippen molar-refractivity contribution in [2.24, 2.45) is 0 Å². The zero-order chi connectivity index (χ0) is 11.2. The molecule has 0 radical (unpaired) electrons. The first-order valence-electron chi connectivity index (χ1n) is 5.32. The Morgan fingerprint density at radius 3 is 1.64 bits per heavy atom. The van der Waals surface area contributed by atoms with Crippen LogP contribution < -0.4 is 15.3 Å². The van der Waals surface area contributed by atoms with Gasteiger partial charge in [0.15, 0.2) is 0 Å². The summed E-state index contributed by atoms with van der Waals surface area (Å²) < 4.78 is 12.2. The maximum absolute atomic E-state index is 12.2. The maximum Gasteiger partial charge on any atom is 0.279 e. The van der Waals surface area contributed by atoms with Crippen molar-refractivity contribution in [1.82, 2.24) is 15.3 Å². The van der Waals surface area contributed by atoms with Crippen LogP contribution in [0.2, 0.25) is 0 Å². The third kappa shape index (κ3) is 5.11. The predicted octanol–water partition coefficient (Wildman–Crippen LogP) is 2.09. The van der Waals surface area contributed by atoms with Crippen molar-refractivity contribution in [2.45, 2.75) is 52.6 Å². The minimum atomic E-state index is -2.60. The summed E-state index contributed by atoms with van der Waals surface area (Å²) in [7, 11) is -0.882. The molecule has 0 aliphatic carbocycles. The van der Waals surface area contributed by atoms with Crippen LogP contribution in [0.5, 0.6) is 0 Å². The van der Waals surface area contributed by atoms with E-state index in [2.05, 4.69) is 29.1 Å². The first-order valence-corrected chi connectivity index (χ1v) is 7.02. The second-order valence-corrected chi connectivity index (χ2v) is 5.89. The third-order valence-electron chi connectivity index (χ3n) is 2.34. The molecule has 0 rings (SSSR count). The lowest BCUT2D eigenvalue weighted by Gasteiger charge is -2.26. The second kappa shape index (κ2) is 6.57. The van der Waals surface area contributed by atoms with Crippen LogP contribution in [0.25, 0.3) is 0 Å². The summed E-state index contributed by atoms with van der Waals surface area (Å²) in [5.41, 5.74) is 0. The van der Waals surface area contributed by atoms with Crippen molar-refractivity contribution in [1.29, 1.82) is 0 Å². The van der Waals surface area contributed by atoms with Crippen LogP contribution in [0.3, 0.4) is 0 Å². The maximum atomic E-state index is 12.2. The van der Waals surface area contributed by atoms with Crippen molar-refractivity contribution >= 4 is 7.59 Å². The third-order valence-corrected chi connectivity index (χ3v) is 4.58. The minimum Gasteiger partial charge on any atom is -0.271 e. The summed E-state index contributed by atoms with van der Waals surface area (Å²) >= 11 is 0. The quantitative estimate of drug-likeness (QED) is 0.576. The number of hydrogen-bond acceptors (Lipinski definition) is 1. The Bertz CT molecular complexity index is 182. The van der Waals surface area contributed by atoms with Gasteiger partial charge < -0.3 is 0 Å². The molecule has 0 amide bonds. The SMILES string of the molecule is CCC(C)NP(=O)(NC)NC(C)CC. The van der Waals surface area contributed by atoms with Crippen LogP contribution in [-0.2, 0) is 4.57 Å². The van der Waals surface area contributed by atoms with Crippen molar-refractivity contribution < 1.29 is 4.57 Å². The van der Waals surface area contributed by atoms with Gasteiger partial charge in [-0.05, 0) is 33.7 Å². The van der Waals surface area contributed by atoms with Gasteiger partial charge in [-0.15, -0.1) is 0 Å². The summed E-state index contributed by atoms with van der Waals surface area (Å²) in [6.07, 6.45) is 1.93. The summed E-state index contributed by atoms with van der Waals surface area (Å²) in [5, 5.41) is 9.02. The topological polar surface area (TPSA) is 53.2 Å². The summed E-state index contributed by atoms with van der Waals surface area (Å²) in [5.74, 6) is 0. The molecule has 0 saturated carbocycles. The Morgan fingerprint density at radius 2 is 1.43 bits per heavy atom. The van der Waals surface area contributed by atoms with Crippen molar-refractivity contribution in [3.63, 3.8) is 0 Å². The van der Waals surface area contributed by atoms with Crippen molar-refractivity contribution in [3.8, 4) is 0 Å². The standard InChI is InChI=1S/C9H24N3OP/c1-6-8(3)11-14(13,10-5)12-9(4)7-2/h8-9H,6-7H2,1-5H3,(H3,10,11,12,13). The van der Waals surface area contributed by atoms with Gasteiger partial charge >= 0.3 is 0 Å². The largest absolute Gasteiger partial charge is 0.279 e. The highest BCUT2D eigenvalue weighted by atomic mass is 31.2. The fourth-order valence-corrected chi connectivity index (χ4v) is 2.91. The smallest absolute Gasteiger partial charge is 0.271 e. The molecule has 4 nitrogen and oxygen atoms in total. The van der Waals surface area contributed by atoms with Gasteiger partial charge in [0.25, 0.3) is 7.59 Å². The van der Waals surface area contributed by atoms with Gasteiger partial charge in [0.1, 0.15) is 0 Å². The Kier molecular flexibility index (Phi) is 6.62. The second-order valence-electron chi connectivity index (χ2n) is 3.71. The highest BCUT2D eigenvalue weighted by Gasteiger charge is 2.22. The van der Waals surface area contributed by atoms with E-state index in [1.165, 1.54) is 0 Å². The van der Waals surface area contributed by atoms with Crippen LogP contribution in [0, 0.1) is 0 Å². The van der Waals surface area contributed by atoms with E-state index >= 15 is 0 Å². The zero-order valence-electron chi connectivity index (χ0n) is 9.92. The molecule has 0 fully saturated rings. The first kappa shape index (κ1) is 14.1. The van der Waals surface area contributed by atoms with Gasteiger partial charge in [0.05, 0.1) is 0 Å². The normalized spacial score (nSPS) is 20.1. The molecule has 0 bridgehead atoms. The average Bonchev–Trinajstić information content (AvgIpc) is 2.17. The van der Waals surface area contributed by atoms with E-state index in [9.17, 15) is 4.57 Å². The fourth-order valence-electron chi connectivity index (χ4n) is 0.970. The molecule has 0 aliphatic rings. The highest BCUT2D eigenvalue weighted by molar-refractivity contribution is 7.57. The predicted molar refractivity (Wildman–Crippen MR) is 62.4 cm³/mol. The van der Waals surface area contributed by atoms with E-state index in [0.717, 1.165) is 12.8 Å². The lowest BCUT2D eigenvalue weighted by Crippen LogP contribution is -2.38. The Hall–Kier alpha value is 0.110. The van der Waals surface area contributed by atoms with Crippen LogP contribution in [0.15, 0.2) is 0 Å². The Labute approximate surface area is 87.8 Å². The molecular formula is C9H24N3OP. The average molecular weight is 221 g/mol. The molecular weight excluding hydrogens is 197 g/mol. The summed E-state index contributed by atoms with van der Waals surface area (Å²) in [6.45, 7) is 8.20. The van der Waals surface area contributed by atoms with Gasteiger partial charge in [-0.1, -0.05) is 13.8 Å². The first-order chi connectivity index (χ1) is 6.47. The molecule has 0 saturated heterocycles. The molecule has 2 atom stereocenters. The van der Waals surface area contributed by atoms with Gasteiger partial charge in [0.2, 0.25) is 0 Å². The molecule has 0 aromatic carbocycles. The molecule has 0 spiro atoms. The van der Waals surface area contributed by atoms with Crippen molar-refractivity contribution in [3.05, 3.63) is 0 Å². The molecule has 0 aromatic heterocycles. The van der Waals surface area contributed by atoms with E-state index in [0.29, 0.717) is 0 Å². The lowest BCUT2D eigenvalue weighted by atomic mass is 10.3. The molecule has 5 heteroatoms. The Morgan fingerprint density at radius 1 is 1.07 bits per heavy atom.